The van der Waals surface area contributed by atoms with Crippen molar-refractivity contribution in [2.75, 3.05) is 26.5 Å². The third kappa shape index (κ3) is 5.84. The van der Waals surface area contributed by atoms with Crippen LogP contribution in [0, 0.1) is 0 Å². The molecule has 1 fully saturated rings. The second-order valence-electron chi connectivity index (χ2n) is 6.28. The molecule has 0 bridgehead atoms. The van der Waals surface area contributed by atoms with Gasteiger partial charge in [0.2, 0.25) is 0 Å². The van der Waals surface area contributed by atoms with E-state index >= 15 is 0 Å². The number of carbonyl (C=O) groups is 2. The summed E-state index contributed by atoms with van der Waals surface area (Å²) in [5, 5.41) is 0.420. The van der Waals surface area contributed by atoms with Crippen molar-refractivity contribution in [2.24, 2.45) is 4.99 Å². The average molecular weight is 423 g/mol. The molecule has 2 aromatic rings. The van der Waals surface area contributed by atoms with Crippen LogP contribution in [0.5, 0.6) is 11.5 Å². The Hall–Kier alpha value is -3.32. The zero-order valence-corrected chi connectivity index (χ0v) is 17.6. The van der Waals surface area contributed by atoms with E-state index in [1.807, 2.05) is 48.5 Å². The molecule has 7 heteroatoms. The van der Waals surface area contributed by atoms with Crippen molar-refractivity contribution in [3.8, 4) is 11.5 Å². The Morgan fingerprint density at radius 3 is 1.97 bits per heavy atom. The first-order chi connectivity index (χ1) is 14.6. The van der Waals surface area contributed by atoms with Crippen molar-refractivity contribution >= 4 is 40.9 Å². The number of hydrogen-bond donors (Lipinski definition) is 0. The lowest BCUT2D eigenvalue weighted by atomic mass is 10.2. The molecule has 6 nitrogen and oxygen atoms in total. The lowest BCUT2D eigenvalue weighted by Crippen LogP contribution is -2.30. The number of amides is 2. The van der Waals surface area contributed by atoms with Gasteiger partial charge in [0.15, 0.2) is 5.17 Å². The molecule has 2 amide bonds. The number of nitrogens with zero attached hydrogens (tertiary/aromatic N) is 2. The highest BCUT2D eigenvalue weighted by Crippen LogP contribution is 2.20. The predicted molar refractivity (Wildman–Crippen MR) is 121 cm³/mol. The lowest BCUT2D eigenvalue weighted by molar-refractivity contribution is -0.121. The summed E-state index contributed by atoms with van der Waals surface area (Å²) in [7, 11) is 3.21. The van der Waals surface area contributed by atoms with Crippen molar-refractivity contribution in [3.63, 3.8) is 0 Å². The number of rotatable bonds is 6. The number of aliphatic imine (C=N–C) groups is 1. The maximum absolute atomic E-state index is 12.6. The average Bonchev–Trinajstić information content (AvgIpc) is 3.24. The monoisotopic (exact) mass is 422 g/mol. The van der Waals surface area contributed by atoms with Gasteiger partial charge in [-0.05, 0) is 47.5 Å². The molecule has 3 rings (SSSR count). The molecule has 0 spiro atoms. The van der Waals surface area contributed by atoms with Gasteiger partial charge < -0.3 is 9.47 Å². The van der Waals surface area contributed by atoms with E-state index in [0.717, 1.165) is 22.6 Å². The standard InChI is InChI=1S/C23H22N2O4S/c1-28-19-9-3-17(4-10-19)7-13-21(26)24-23-25(15-16-30-23)22(27)14-8-18-5-11-20(29-2)12-6-18/h3-14H,15-16H2,1-2H3/b13-7+,14-8+,24-23?. The van der Waals surface area contributed by atoms with E-state index in [2.05, 4.69) is 4.99 Å². The van der Waals surface area contributed by atoms with Crippen LogP contribution in [-0.2, 0) is 9.59 Å². The highest BCUT2D eigenvalue weighted by molar-refractivity contribution is 8.14. The summed E-state index contributed by atoms with van der Waals surface area (Å²) in [5.41, 5.74) is 1.74. The molecule has 0 saturated carbocycles. The number of carbonyl (C=O) groups excluding carboxylic acids is 2. The van der Waals surface area contributed by atoms with Gasteiger partial charge in [-0.2, -0.15) is 4.99 Å². The van der Waals surface area contributed by atoms with Crippen LogP contribution in [0.3, 0.4) is 0 Å². The van der Waals surface area contributed by atoms with Crippen LogP contribution in [-0.4, -0.2) is 48.4 Å². The third-order valence-electron chi connectivity index (χ3n) is 4.32. The lowest BCUT2D eigenvalue weighted by Gasteiger charge is -2.12. The topological polar surface area (TPSA) is 68.2 Å². The van der Waals surface area contributed by atoms with E-state index in [-0.39, 0.29) is 5.91 Å². The molecule has 0 radical (unpaired) electrons. The molecule has 0 aromatic heterocycles. The zero-order chi connectivity index (χ0) is 21.3. The molecule has 0 atom stereocenters. The van der Waals surface area contributed by atoms with Crippen LogP contribution in [0.2, 0.25) is 0 Å². The Bertz CT molecular complexity index is 979. The van der Waals surface area contributed by atoms with Gasteiger partial charge >= 0.3 is 0 Å². The van der Waals surface area contributed by atoms with Gasteiger partial charge in [-0.25, -0.2) is 0 Å². The summed E-state index contributed by atoms with van der Waals surface area (Å²) in [4.78, 5) is 30.4. The summed E-state index contributed by atoms with van der Waals surface area (Å²) in [6.45, 7) is 0.519. The van der Waals surface area contributed by atoms with Gasteiger partial charge in [-0.15, -0.1) is 0 Å². The quantitative estimate of drug-likeness (QED) is 0.661. The fourth-order valence-corrected chi connectivity index (χ4v) is 3.63. The van der Waals surface area contributed by atoms with Gasteiger partial charge in [0.25, 0.3) is 11.8 Å². The van der Waals surface area contributed by atoms with Crippen molar-refractivity contribution in [2.45, 2.75) is 0 Å². The molecule has 154 valence electrons. The molecular formula is C23H22N2O4S. The second kappa shape index (κ2) is 10.5. The first-order valence-corrected chi connectivity index (χ1v) is 10.3. The van der Waals surface area contributed by atoms with Crippen molar-refractivity contribution in [1.82, 2.24) is 4.90 Å². The molecule has 0 unspecified atom stereocenters. The van der Waals surface area contributed by atoms with E-state index in [1.165, 1.54) is 28.8 Å². The summed E-state index contributed by atoms with van der Waals surface area (Å²) >= 11 is 1.39. The smallest absolute Gasteiger partial charge is 0.272 e. The molecule has 1 aliphatic rings. The molecular weight excluding hydrogens is 400 g/mol. The molecule has 1 saturated heterocycles. The highest BCUT2D eigenvalue weighted by atomic mass is 32.2. The van der Waals surface area contributed by atoms with E-state index in [1.54, 1.807) is 26.4 Å². The maximum atomic E-state index is 12.6. The van der Waals surface area contributed by atoms with Crippen LogP contribution < -0.4 is 9.47 Å². The van der Waals surface area contributed by atoms with E-state index < -0.39 is 5.91 Å². The van der Waals surface area contributed by atoms with E-state index in [4.69, 9.17) is 9.47 Å². The Balaban J connectivity index is 1.63. The first kappa shape index (κ1) is 21.4. The Morgan fingerprint density at radius 1 is 0.900 bits per heavy atom. The highest BCUT2D eigenvalue weighted by Gasteiger charge is 2.24. The summed E-state index contributed by atoms with van der Waals surface area (Å²) in [6.07, 6.45) is 6.29. The largest absolute Gasteiger partial charge is 0.497 e. The number of amidine groups is 1. The summed E-state index contributed by atoms with van der Waals surface area (Å²) < 4.78 is 10.2. The van der Waals surface area contributed by atoms with Crippen molar-refractivity contribution < 1.29 is 19.1 Å². The van der Waals surface area contributed by atoms with Crippen LogP contribution in [0.1, 0.15) is 11.1 Å². The number of methoxy groups -OCH3 is 2. The summed E-state index contributed by atoms with van der Waals surface area (Å²) in [5.74, 6) is 1.59. The van der Waals surface area contributed by atoms with E-state index in [0.29, 0.717) is 17.5 Å². The fourth-order valence-electron chi connectivity index (χ4n) is 2.69. The minimum absolute atomic E-state index is 0.207. The van der Waals surface area contributed by atoms with Gasteiger partial charge in [0, 0.05) is 24.4 Å². The minimum atomic E-state index is -0.410. The maximum Gasteiger partial charge on any atom is 0.272 e. The molecule has 0 aliphatic carbocycles. The predicted octanol–water partition coefficient (Wildman–Crippen LogP) is 3.89. The number of benzene rings is 2. The normalized spacial score (nSPS) is 15.3. The van der Waals surface area contributed by atoms with Gasteiger partial charge in [-0.1, -0.05) is 36.0 Å². The third-order valence-corrected chi connectivity index (χ3v) is 5.27. The van der Waals surface area contributed by atoms with Crippen LogP contribution in [0.25, 0.3) is 12.2 Å². The molecule has 0 N–H and O–H groups in total. The molecule has 1 heterocycles. The number of ether oxygens (including phenoxy) is 2. The Labute approximate surface area is 179 Å². The van der Waals surface area contributed by atoms with Gasteiger partial charge in [0.1, 0.15) is 11.5 Å². The fraction of sp³-hybridized carbons (Fsp3) is 0.174. The molecule has 2 aromatic carbocycles. The van der Waals surface area contributed by atoms with Crippen molar-refractivity contribution in [3.05, 3.63) is 71.8 Å². The van der Waals surface area contributed by atoms with Crippen molar-refractivity contribution in [1.29, 1.82) is 0 Å². The zero-order valence-electron chi connectivity index (χ0n) is 16.8. The number of hydrogen-bond acceptors (Lipinski definition) is 5. The first-order valence-electron chi connectivity index (χ1n) is 9.30. The minimum Gasteiger partial charge on any atom is -0.497 e. The SMILES string of the molecule is COc1ccc(/C=C/C(=O)N=C2SCCN2C(=O)/C=C/c2ccc(OC)cc2)cc1. The van der Waals surface area contributed by atoms with E-state index in [9.17, 15) is 9.59 Å². The van der Waals surface area contributed by atoms with Gasteiger partial charge in [-0.3, -0.25) is 14.5 Å². The Kier molecular flexibility index (Phi) is 7.45. The van der Waals surface area contributed by atoms with Crippen LogP contribution >= 0.6 is 11.8 Å². The summed E-state index contributed by atoms with van der Waals surface area (Å²) in [6, 6.07) is 14.7. The Morgan fingerprint density at radius 2 is 1.43 bits per heavy atom. The number of thioether (sulfide) groups is 1. The second-order valence-corrected chi connectivity index (χ2v) is 7.35. The molecule has 1 aliphatic heterocycles. The molecule has 30 heavy (non-hydrogen) atoms. The van der Waals surface area contributed by atoms with Gasteiger partial charge in [0.05, 0.1) is 14.2 Å². The van der Waals surface area contributed by atoms with Crippen LogP contribution in [0.15, 0.2) is 65.7 Å². The van der Waals surface area contributed by atoms with Crippen LogP contribution in [0.4, 0.5) is 0 Å².